The molecule has 0 radical (unpaired) electrons. The summed E-state index contributed by atoms with van der Waals surface area (Å²) in [6, 6.07) is 5.92. The fourth-order valence-electron chi connectivity index (χ4n) is 3.66. The molecule has 6 heteroatoms. The lowest BCUT2D eigenvalue weighted by Crippen LogP contribution is -2.18. The first kappa shape index (κ1) is 22.1. The molecular formula is C24H28F2N2O2. The lowest BCUT2D eigenvalue weighted by Gasteiger charge is -2.18. The number of hydrogen-bond donors (Lipinski definition) is 0. The van der Waals surface area contributed by atoms with Gasteiger partial charge in [0, 0.05) is 24.8 Å². The number of aromatic nitrogens is 2. The number of benzene rings is 1. The standard InChI is InChI=1S/C24H28F2N2O2/c1-4-6-7-18(30-10-5-2)14-21-24(27-22-11-16(3)8-9-28(21)22)23-19(25)12-17(15-29)13-20(23)26/h8-9,11-13,15,18H,4-7,10,14H2,1-3H3. The second kappa shape index (κ2) is 9.94. The molecule has 160 valence electrons. The number of carbonyl (C=O) groups excluding carboxylic acids is 1. The molecule has 3 rings (SSSR count). The fraction of sp³-hybridized carbons (Fsp3) is 0.417. The summed E-state index contributed by atoms with van der Waals surface area (Å²) < 4.78 is 37.6. The number of hydrogen-bond acceptors (Lipinski definition) is 3. The first-order valence-electron chi connectivity index (χ1n) is 10.5. The average Bonchev–Trinajstić information content (AvgIpc) is 3.06. The highest BCUT2D eigenvalue weighted by molar-refractivity contribution is 5.78. The molecule has 0 spiro atoms. The Hall–Kier alpha value is -2.60. The van der Waals surface area contributed by atoms with E-state index in [1.165, 1.54) is 0 Å². The summed E-state index contributed by atoms with van der Waals surface area (Å²) in [5, 5.41) is 0. The lowest BCUT2D eigenvalue weighted by molar-refractivity contribution is 0.0460. The van der Waals surface area contributed by atoms with Gasteiger partial charge in [-0.25, -0.2) is 13.8 Å². The molecule has 4 nitrogen and oxygen atoms in total. The minimum atomic E-state index is -0.793. The molecule has 2 heterocycles. The van der Waals surface area contributed by atoms with Crippen molar-refractivity contribution in [2.45, 2.75) is 59.0 Å². The number of carbonyl (C=O) groups is 1. The van der Waals surface area contributed by atoms with Gasteiger partial charge in [0.15, 0.2) is 0 Å². The van der Waals surface area contributed by atoms with Crippen molar-refractivity contribution in [2.75, 3.05) is 6.61 Å². The van der Waals surface area contributed by atoms with Crippen molar-refractivity contribution in [1.29, 1.82) is 0 Å². The van der Waals surface area contributed by atoms with Gasteiger partial charge in [-0.2, -0.15) is 0 Å². The summed E-state index contributed by atoms with van der Waals surface area (Å²) in [5.74, 6) is -1.59. The van der Waals surface area contributed by atoms with Crippen LogP contribution in [0, 0.1) is 18.6 Å². The first-order valence-corrected chi connectivity index (χ1v) is 10.5. The number of imidazole rings is 1. The predicted octanol–water partition coefficient (Wildman–Crippen LogP) is 5.93. The molecule has 0 fully saturated rings. The number of pyridine rings is 1. The third kappa shape index (κ3) is 4.75. The van der Waals surface area contributed by atoms with Crippen LogP contribution in [0.25, 0.3) is 16.9 Å². The predicted molar refractivity (Wildman–Crippen MR) is 114 cm³/mol. The van der Waals surface area contributed by atoms with Gasteiger partial charge in [-0.3, -0.25) is 4.79 Å². The van der Waals surface area contributed by atoms with Crippen LogP contribution in [0.15, 0.2) is 30.5 Å². The van der Waals surface area contributed by atoms with Gasteiger partial charge in [-0.15, -0.1) is 0 Å². The van der Waals surface area contributed by atoms with Crippen LogP contribution in [-0.4, -0.2) is 28.4 Å². The molecule has 0 amide bonds. The van der Waals surface area contributed by atoms with Crippen LogP contribution in [0.1, 0.15) is 61.1 Å². The Labute approximate surface area is 175 Å². The topological polar surface area (TPSA) is 43.6 Å². The van der Waals surface area contributed by atoms with Gasteiger partial charge >= 0.3 is 0 Å². The quantitative estimate of drug-likeness (QED) is 0.386. The van der Waals surface area contributed by atoms with Crippen LogP contribution in [0.2, 0.25) is 0 Å². The van der Waals surface area contributed by atoms with Crippen LogP contribution >= 0.6 is 0 Å². The van der Waals surface area contributed by atoms with Gasteiger partial charge in [-0.05, 0) is 49.6 Å². The van der Waals surface area contributed by atoms with Crippen molar-refractivity contribution < 1.29 is 18.3 Å². The summed E-state index contributed by atoms with van der Waals surface area (Å²) >= 11 is 0. The molecule has 0 bridgehead atoms. The van der Waals surface area contributed by atoms with Gasteiger partial charge in [0.1, 0.15) is 23.6 Å². The van der Waals surface area contributed by atoms with E-state index in [0.29, 0.717) is 30.7 Å². The molecule has 0 saturated carbocycles. The van der Waals surface area contributed by atoms with Crippen LogP contribution in [-0.2, 0) is 11.2 Å². The van der Waals surface area contributed by atoms with E-state index in [4.69, 9.17) is 4.74 Å². The zero-order valence-electron chi connectivity index (χ0n) is 17.8. The third-order valence-corrected chi connectivity index (χ3v) is 5.18. The van der Waals surface area contributed by atoms with E-state index in [2.05, 4.69) is 18.8 Å². The van der Waals surface area contributed by atoms with E-state index in [9.17, 15) is 13.6 Å². The number of rotatable bonds is 10. The van der Waals surface area contributed by atoms with Crippen LogP contribution < -0.4 is 0 Å². The van der Waals surface area contributed by atoms with Gasteiger partial charge in [-0.1, -0.05) is 26.7 Å². The zero-order valence-corrected chi connectivity index (χ0v) is 17.8. The van der Waals surface area contributed by atoms with E-state index < -0.39 is 11.6 Å². The number of aldehydes is 1. The molecule has 0 aliphatic carbocycles. The SMILES string of the molecule is CCCCC(Cc1c(-c2c(F)cc(C=O)cc2F)nc2cc(C)ccn12)OCCC. The van der Waals surface area contributed by atoms with E-state index in [1.807, 2.05) is 29.7 Å². The summed E-state index contributed by atoms with van der Waals surface area (Å²) in [7, 11) is 0. The Morgan fingerprint density at radius 3 is 2.53 bits per heavy atom. The zero-order chi connectivity index (χ0) is 21.7. The maximum Gasteiger partial charge on any atom is 0.150 e. The normalized spacial score (nSPS) is 12.4. The maximum atomic E-state index is 14.8. The van der Waals surface area contributed by atoms with Crippen LogP contribution in [0.4, 0.5) is 8.78 Å². The van der Waals surface area contributed by atoms with Crippen molar-refractivity contribution in [1.82, 2.24) is 9.38 Å². The van der Waals surface area contributed by atoms with E-state index in [0.717, 1.165) is 43.4 Å². The van der Waals surface area contributed by atoms with E-state index >= 15 is 0 Å². The Balaban J connectivity index is 2.14. The molecule has 0 N–H and O–H groups in total. The number of fused-ring (bicyclic) bond motifs is 1. The second-order valence-corrected chi connectivity index (χ2v) is 7.66. The van der Waals surface area contributed by atoms with Crippen LogP contribution in [0.5, 0.6) is 0 Å². The molecular weight excluding hydrogens is 386 g/mol. The summed E-state index contributed by atoms with van der Waals surface area (Å²) in [4.78, 5) is 15.6. The van der Waals surface area contributed by atoms with Crippen molar-refractivity contribution in [2.24, 2.45) is 0 Å². The van der Waals surface area contributed by atoms with Gasteiger partial charge < -0.3 is 9.14 Å². The van der Waals surface area contributed by atoms with Crippen molar-refractivity contribution >= 4 is 11.9 Å². The summed E-state index contributed by atoms with van der Waals surface area (Å²) in [6.07, 6.45) is 6.56. The maximum absolute atomic E-state index is 14.8. The first-order chi connectivity index (χ1) is 14.5. The van der Waals surface area contributed by atoms with Crippen molar-refractivity contribution in [3.63, 3.8) is 0 Å². The highest BCUT2D eigenvalue weighted by atomic mass is 19.1. The molecule has 1 aromatic carbocycles. The van der Waals surface area contributed by atoms with Gasteiger partial charge in [0.2, 0.25) is 0 Å². The van der Waals surface area contributed by atoms with Crippen LogP contribution in [0.3, 0.4) is 0 Å². The number of nitrogens with zero attached hydrogens (tertiary/aromatic N) is 2. The molecule has 1 unspecified atom stereocenters. The highest BCUT2D eigenvalue weighted by Gasteiger charge is 2.24. The monoisotopic (exact) mass is 414 g/mol. The third-order valence-electron chi connectivity index (χ3n) is 5.18. The van der Waals surface area contributed by atoms with E-state index in [1.54, 1.807) is 0 Å². The smallest absolute Gasteiger partial charge is 0.150 e. The molecule has 3 aromatic rings. The Morgan fingerprint density at radius 1 is 1.17 bits per heavy atom. The number of halogens is 2. The largest absolute Gasteiger partial charge is 0.378 e. The highest BCUT2D eigenvalue weighted by Crippen LogP contribution is 2.32. The van der Waals surface area contributed by atoms with Gasteiger partial charge in [0.05, 0.1) is 23.1 Å². The number of ether oxygens (including phenoxy) is 1. The molecule has 0 saturated heterocycles. The molecule has 2 aromatic heterocycles. The molecule has 0 aliphatic heterocycles. The van der Waals surface area contributed by atoms with Crippen molar-refractivity contribution in [3.05, 3.63) is 58.9 Å². The Bertz CT molecular complexity index is 998. The van der Waals surface area contributed by atoms with Crippen molar-refractivity contribution in [3.8, 4) is 11.3 Å². The van der Waals surface area contributed by atoms with Gasteiger partial charge in [0.25, 0.3) is 0 Å². The Morgan fingerprint density at radius 2 is 1.90 bits per heavy atom. The average molecular weight is 414 g/mol. The second-order valence-electron chi connectivity index (χ2n) is 7.66. The van der Waals surface area contributed by atoms with E-state index in [-0.39, 0.29) is 22.9 Å². The molecule has 1 atom stereocenters. The molecule has 30 heavy (non-hydrogen) atoms. The lowest BCUT2D eigenvalue weighted by atomic mass is 10.0. The number of unbranched alkanes of at least 4 members (excludes halogenated alkanes) is 1. The summed E-state index contributed by atoms with van der Waals surface area (Å²) in [5.41, 5.74) is 2.35. The Kier molecular flexibility index (Phi) is 7.32. The summed E-state index contributed by atoms with van der Waals surface area (Å²) in [6.45, 7) is 6.76. The number of aryl methyl sites for hydroxylation is 1. The molecule has 0 aliphatic rings. The minimum Gasteiger partial charge on any atom is -0.378 e. The fourth-order valence-corrected chi connectivity index (χ4v) is 3.66. The minimum absolute atomic E-state index is 0.0398.